The number of piperidine rings is 1. The quantitative estimate of drug-likeness (QED) is 0.712. The van der Waals surface area contributed by atoms with Crippen molar-refractivity contribution >= 4 is 34.9 Å². The highest BCUT2D eigenvalue weighted by Gasteiger charge is 2.24. The summed E-state index contributed by atoms with van der Waals surface area (Å²) in [5.74, 6) is 1.02. The zero-order chi connectivity index (χ0) is 19.2. The summed E-state index contributed by atoms with van der Waals surface area (Å²) >= 11 is 3.39. The second-order valence-electron chi connectivity index (χ2n) is 6.94. The number of aromatic nitrogens is 1. The van der Waals surface area contributed by atoms with E-state index in [-0.39, 0.29) is 11.8 Å². The summed E-state index contributed by atoms with van der Waals surface area (Å²) in [6.45, 7) is 3.51. The molecule has 2 heterocycles. The van der Waals surface area contributed by atoms with Gasteiger partial charge >= 0.3 is 0 Å². The highest BCUT2D eigenvalue weighted by molar-refractivity contribution is 7.98. The molecule has 1 atom stereocenters. The van der Waals surface area contributed by atoms with Crippen LogP contribution < -0.4 is 5.73 Å². The smallest absolute Gasteiger partial charge is 0.253 e. The fraction of sp³-hybridized carbons (Fsp3) is 0.450. The molecule has 2 aromatic rings. The van der Waals surface area contributed by atoms with Gasteiger partial charge in [0.2, 0.25) is 5.91 Å². The molecule has 0 radical (unpaired) electrons. The van der Waals surface area contributed by atoms with Crippen molar-refractivity contribution in [1.82, 2.24) is 9.88 Å². The van der Waals surface area contributed by atoms with Crippen LogP contribution in [0, 0.1) is 12.8 Å². The molecule has 1 aliphatic rings. The van der Waals surface area contributed by atoms with Crippen molar-refractivity contribution < 1.29 is 9.59 Å². The molecule has 0 bridgehead atoms. The fourth-order valence-corrected chi connectivity index (χ4v) is 4.85. The van der Waals surface area contributed by atoms with Crippen molar-refractivity contribution in [3.05, 3.63) is 45.9 Å². The summed E-state index contributed by atoms with van der Waals surface area (Å²) in [7, 11) is 0. The first kappa shape index (κ1) is 19.9. The molecule has 1 fully saturated rings. The van der Waals surface area contributed by atoms with Crippen molar-refractivity contribution in [3.8, 4) is 0 Å². The number of nitrogens with two attached hydrogens (primary N) is 1. The average molecular weight is 404 g/mol. The number of benzene rings is 1. The first-order valence-electron chi connectivity index (χ1n) is 9.22. The lowest BCUT2D eigenvalue weighted by atomic mass is 9.93. The number of amides is 2. The van der Waals surface area contributed by atoms with E-state index in [4.69, 9.17) is 5.73 Å². The van der Waals surface area contributed by atoms with Crippen molar-refractivity contribution in [2.24, 2.45) is 11.7 Å². The number of thioether (sulfide) groups is 1. The molecule has 0 saturated carbocycles. The second-order valence-corrected chi connectivity index (χ2v) is 9.05. The van der Waals surface area contributed by atoms with Gasteiger partial charge in [0.1, 0.15) is 0 Å². The van der Waals surface area contributed by atoms with Crippen molar-refractivity contribution in [2.45, 2.75) is 43.3 Å². The molecule has 1 aliphatic heterocycles. The molecule has 3 rings (SSSR count). The van der Waals surface area contributed by atoms with Crippen molar-refractivity contribution in [1.29, 1.82) is 0 Å². The zero-order valence-electron chi connectivity index (χ0n) is 15.5. The van der Waals surface area contributed by atoms with Gasteiger partial charge in [-0.25, -0.2) is 4.98 Å². The van der Waals surface area contributed by atoms with Gasteiger partial charge in [0.15, 0.2) is 0 Å². The first-order chi connectivity index (χ1) is 13.0. The van der Waals surface area contributed by atoms with Crippen molar-refractivity contribution in [3.63, 3.8) is 0 Å². The topological polar surface area (TPSA) is 76.3 Å². The van der Waals surface area contributed by atoms with E-state index >= 15 is 0 Å². The number of nitrogens with zero attached hydrogens (tertiary/aromatic N) is 2. The van der Waals surface area contributed by atoms with Gasteiger partial charge in [-0.15, -0.1) is 23.1 Å². The van der Waals surface area contributed by atoms with Gasteiger partial charge in [0.25, 0.3) is 5.91 Å². The Hall–Kier alpha value is -1.86. The van der Waals surface area contributed by atoms with Gasteiger partial charge < -0.3 is 10.6 Å². The van der Waals surface area contributed by atoms with E-state index in [2.05, 4.69) is 10.4 Å². The molecule has 27 heavy (non-hydrogen) atoms. The molecular weight excluding hydrogens is 378 g/mol. The Balaban J connectivity index is 1.54. The van der Waals surface area contributed by atoms with E-state index < -0.39 is 0 Å². The van der Waals surface area contributed by atoms with E-state index in [1.807, 2.05) is 36.1 Å². The fourth-order valence-electron chi connectivity index (χ4n) is 3.34. The van der Waals surface area contributed by atoms with Crippen molar-refractivity contribution in [2.75, 3.05) is 13.1 Å². The summed E-state index contributed by atoms with van der Waals surface area (Å²) in [5.41, 5.74) is 7.06. The lowest BCUT2D eigenvalue weighted by molar-refractivity contribution is -0.118. The molecule has 1 aromatic carbocycles. The van der Waals surface area contributed by atoms with Crippen LogP contribution in [-0.2, 0) is 10.5 Å². The molecule has 0 aliphatic carbocycles. The Morgan fingerprint density at radius 1 is 1.33 bits per heavy atom. The third-order valence-electron chi connectivity index (χ3n) is 4.76. The van der Waals surface area contributed by atoms with Gasteiger partial charge in [-0.1, -0.05) is 0 Å². The number of carbonyl (C=O) groups is 2. The third kappa shape index (κ3) is 5.81. The number of thiazole rings is 1. The maximum absolute atomic E-state index is 12.8. The summed E-state index contributed by atoms with van der Waals surface area (Å²) in [6, 6.07) is 7.82. The summed E-state index contributed by atoms with van der Waals surface area (Å²) in [5, 5.41) is 3.17. The van der Waals surface area contributed by atoms with Crippen LogP contribution in [0.4, 0.5) is 0 Å². The van der Waals surface area contributed by atoms with Crippen LogP contribution in [0.2, 0.25) is 0 Å². The van der Waals surface area contributed by atoms with Gasteiger partial charge in [-0.2, -0.15) is 0 Å². The maximum Gasteiger partial charge on any atom is 0.253 e. The van der Waals surface area contributed by atoms with Crippen LogP contribution >= 0.6 is 23.1 Å². The normalized spacial score (nSPS) is 17.1. The molecular formula is C20H25N3O2S2. The highest BCUT2D eigenvalue weighted by Crippen LogP contribution is 2.26. The van der Waals surface area contributed by atoms with Crippen LogP contribution in [0.15, 0.2) is 34.5 Å². The lowest BCUT2D eigenvalue weighted by Crippen LogP contribution is -2.40. The van der Waals surface area contributed by atoms with Crippen LogP contribution in [0.5, 0.6) is 0 Å². The molecule has 144 valence electrons. The summed E-state index contributed by atoms with van der Waals surface area (Å²) in [6.07, 6.45) is 3.21. The van der Waals surface area contributed by atoms with Crippen LogP contribution in [-0.4, -0.2) is 34.8 Å². The number of rotatable bonds is 7. The molecule has 2 N–H and O–H groups in total. The third-order valence-corrected chi connectivity index (χ3v) is 6.63. The van der Waals surface area contributed by atoms with E-state index in [0.29, 0.717) is 18.9 Å². The second kappa shape index (κ2) is 9.37. The summed E-state index contributed by atoms with van der Waals surface area (Å²) < 4.78 is 0. The predicted octanol–water partition coefficient (Wildman–Crippen LogP) is 3.86. The van der Waals surface area contributed by atoms with E-state index in [0.717, 1.165) is 52.7 Å². The molecule has 2 amide bonds. The molecule has 7 heteroatoms. The Labute approximate surface area is 168 Å². The van der Waals surface area contributed by atoms with E-state index in [1.54, 1.807) is 23.1 Å². The largest absolute Gasteiger partial charge is 0.370 e. The molecule has 1 saturated heterocycles. The number of likely N-dealkylation sites (tertiary alicyclic amines) is 1. The highest BCUT2D eigenvalue weighted by atomic mass is 32.2. The van der Waals surface area contributed by atoms with Gasteiger partial charge in [0, 0.05) is 41.1 Å². The van der Waals surface area contributed by atoms with Gasteiger partial charge in [-0.3, -0.25) is 9.59 Å². The Morgan fingerprint density at radius 2 is 2.11 bits per heavy atom. The van der Waals surface area contributed by atoms with E-state index in [9.17, 15) is 9.59 Å². The SMILES string of the molecule is Cc1nc(CSc2ccc(C(=O)N3CCCC(CCC(N)=O)C3)cc2)cs1. The Bertz CT molecular complexity index is 789. The van der Waals surface area contributed by atoms with E-state index in [1.165, 1.54) is 0 Å². The van der Waals surface area contributed by atoms with Crippen LogP contribution in [0.1, 0.15) is 46.7 Å². The number of hydrogen-bond acceptors (Lipinski definition) is 5. The number of aryl methyl sites for hydroxylation is 1. The molecule has 5 nitrogen and oxygen atoms in total. The predicted molar refractivity (Wildman–Crippen MR) is 110 cm³/mol. The number of carbonyl (C=O) groups excluding carboxylic acids is 2. The Kier molecular flexibility index (Phi) is 6.90. The van der Waals surface area contributed by atoms with Gasteiger partial charge in [0.05, 0.1) is 10.7 Å². The van der Waals surface area contributed by atoms with Crippen LogP contribution in [0.25, 0.3) is 0 Å². The average Bonchev–Trinajstić information content (AvgIpc) is 3.10. The minimum Gasteiger partial charge on any atom is -0.370 e. The monoisotopic (exact) mass is 403 g/mol. The standard InChI is InChI=1S/C20H25N3O2S2/c1-14-22-17(12-26-14)13-27-18-7-5-16(6-8-18)20(25)23-10-2-3-15(11-23)4-9-19(21)24/h5-8,12,15H,2-4,9-11,13H2,1H3,(H2,21,24). The summed E-state index contributed by atoms with van der Waals surface area (Å²) in [4.78, 5) is 31.3. The van der Waals surface area contributed by atoms with Gasteiger partial charge in [-0.05, 0) is 56.4 Å². The van der Waals surface area contributed by atoms with Crippen LogP contribution in [0.3, 0.4) is 0 Å². The number of hydrogen-bond donors (Lipinski definition) is 1. The maximum atomic E-state index is 12.8. The molecule has 0 spiro atoms. The molecule has 1 aromatic heterocycles. The Morgan fingerprint density at radius 3 is 2.78 bits per heavy atom. The zero-order valence-corrected chi connectivity index (χ0v) is 17.2. The lowest BCUT2D eigenvalue weighted by Gasteiger charge is -2.32. The minimum atomic E-state index is -0.264. The molecule has 1 unspecified atom stereocenters. The minimum absolute atomic E-state index is 0.0745. The number of primary amides is 1. The first-order valence-corrected chi connectivity index (χ1v) is 11.1.